The fourth-order valence-electron chi connectivity index (χ4n) is 14.3. The molecule has 4 aliphatic heterocycles. The number of imidazole rings is 1. The lowest BCUT2D eigenvalue weighted by Crippen LogP contribution is -2.74. The monoisotopic (exact) mass is 965 g/mol. The highest BCUT2D eigenvalue weighted by molar-refractivity contribution is 6.31. The number of aromatic nitrogens is 2. The predicted molar refractivity (Wildman–Crippen MR) is 275 cm³/mol. The number of nitrogens with one attached hydrogen (secondary N) is 2. The van der Waals surface area contributed by atoms with E-state index in [9.17, 15) is 0 Å². The number of ketones is 1. The summed E-state index contributed by atoms with van der Waals surface area (Å²) in [5.74, 6) is 3.10. The van der Waals surface area contributed by atoms with E-state index in [1.165, 1.54) is 5.56 Å². The third-order valence-electron chi connectivity index (χ3n) is 17.6. The Morgan fingerprint density at radius 2 is 1.65 bits per heavy atom. The molecule has 4 aromatic rings. The molecular weight excluding hydrogens is 892 g/mol. The highest BCUT2D eigenvalue weighted by atomic mass is 35.5. The van der Waals surface area contributed by atoms with E-state index < -0.39 is 10.8 Å². The molecule has 0 amide bonds. The van der Waals surface area contributed by atoms with Crippen molar-refractivity contribution in [1.82, 2.24) is 39.8 Å². The number of piperidine rings is 1. The lowest BCUT2D eigenvalue weighted by atomic mass is 9.54. The molecule has 68 heavy (non-hydrogen) atoms. The van der Waals surface area contributed by atoms with Crippen molar-refractivity contribution >= 4 is 29.0 Å². The first-order chi connectivity index (χ1) is 32.6. The minimum atomic E-state index is -0.778. The molecule has 366 valence electrons. The van der Waals surface area contributed by atoms with Crippen molar-refractivity contribution < 1.29 is 14.3 Å². The van der Waals surface area contributed by atoms with Crippen LogP contribution in [0, 0.1) is 16.7 Å². The Hall–Kier alpha value is -3.62. The molecule has 2 bridgehead atoms. The lowest BCUT2D eigenvalue weighted by molar-refractivity contribution is -0.154. The molecule has 13 heteroatoms. The van der Waals surface area contributed by atoms with Crippen LogP contribution in [-0.4, -0.2) is 137 Å². The van der Waals surface area contributed by atoms with Gasteiger partial charge in [0.05, 0.1) is 35.9 Å². The van der Waals surface area contributed by atoms with Crippen molar-refractivity contribution in [3.63, 3.8) is 0 Å². The Kier molecular flexibility index (Phi) is 14.2. The molecule has 3 aromatic carbocycles. The number of benzene rings is 3. The summed E-state index contributed by atoms with van der Waals surface area (Å²) in [5.41, 5.74) is 2.92. The van der Waals surface area contributed by atoms with Crippen LogP contribution >= 0.6 is 23.2 Å². The Bertz CT molecular complexity index is 2450. The Balaban J connectivity index is 1.15. The summed E-state index contributed by atoms with van der Waals surface area (Å²) in [4.78, 5) is 32.0. The normalized spacial score (nSPS) is 34.1. The first kappa shape index (κ1) is 49.4. The van der Waals surface area contributed by atoms with E-state index in [1.807, 2.05) is 42.6 Å². The summed E-state index contributed by atoms with van der Waals surface area (Å²) in [6.07, 6.45) is 8.19. The van der Waals surface area contributed by atoms with Gasteiger partial charge in [-0.1, -0.05) is 54.4 Å². The van der Waals surface area contributed by atoms with Crippen LogP contribution in [0.3, 0.4) is 0 Å². The predicted octanol–water partition coefficient (Wildman–Crippen LogP) is 8.72. The standard InChI is InChI=1S/C55H74Cl2N8O3/c1-12-14-38-26-48-54(13-2)51(38)62(8)34(4)33(3)59-47-28-42(25-36-15-20-40(56)21-16-36)63(9)52-44(32-67-11)60-50(55(47,52)53(54)66)35(5)65(48)30-39-17-22-41(57)27-46(39)68-43-23-18-37(19-24-43)45-29-58-49(64(45)10)31-61(6)7/h12,15-24,27,29,33-35,38,42,44,47-48,50-52,59-60H,1,13-14,25-26,28,30-32H2,2-11H3/t33-,34-,35-,38+,42-,44+,47?,48?,50?,51?,52?,54?,55?/m0/s1. The molecule has 9 rings (SSSR count). The average molecular weight is 966 g/mol. The first-order valence-electron chi connectivity index (χ1n) is 24.9. The van der Waals surface area contributed by atoms with Gasteiger partial charge < -0.3 is 29.6 Å². The number of ether oxygens (including phenoxy) is 2. The number of rotatable bonds is 14. The molecule has 1 aliphatic carbocycles. The molecule has 5 fully saturated rings. The van der Waals surface area contributed by atoms with Gasteiger partial charge in [0.1, 0.15) is 17.3 Å². The van der Waals surface area contributed by atoms with E-state index in [0.717, 1.165) is 72.1 Å². The van der Waals surface area contributed by atoms with E-state index in [-0.39, 0.29) is 66.3 Å². The second kappa shape index (κ2) is 19.5. The minimum Gasteiger partial charge on any atom is -0.457 e. The van der Waals surface area contributed by atoms with Gasteiger partial charge >= 0.3 is 0 Å². The first-order valence-corrected chi connectivity index (χ1v) is 25.7. The molecule has 1 spiro atoms. The highest BCUT2D eigenvalue weighted by Crippen LogP contribution is 2.63. The number of allylic oxidation sites excluding steroid dienone is 1. The number of Topliss-reactive ketones (excluding diaryl/α,β-unsaturated/α-hetero) is 1. The second-order valence-electron chi connectivity index (χ2n) is 21.2. The van der Waals surface area contributed by atoms with Crippen molar-refractivity contribution in [2.75, 3.05) is 41.9 Å². The van der Waals surface area contributed by atoms with E-state index >= 15 is 4.79 Å². The van der Waals surface area contributed by atoms with Gasteiger partial charge in [0.2, 0.25) is 0 Å². The van der Waals surface area contributed by atoms with Crippen LogP contribution in [-0.2, 0) is 36.1 Å². The third kappa shape index (κ3) is 8.19. The molecular formula is C55H74Cl2N8O3. The van der Waals surface area contributed by atoms with Crippen LogP contribution in [0.15, 0.2) is 85.6 Å². The maximum Gasteiger partial charge on any atom is 0.153 e. The topological polar surface area (TPSA) is 90.4 Å². The van der Waals surface area contributed by atoms with Crippen LogP contribution in [0.25, 0.3) is 11.3 Å². The number of halogens is 2. The summed E-state index contributed by atoms with van der Waals surface area (Å²) in [7, 11) is 12.5. The van der Waals surface area contributed by atoms with Gasteiger partial charge in [-0.05, 0) is 141 Å². The van der Waals surface area contributed by atoms with E-state index in [1.54, 1.807) is 7.11 Å². The zero-order valence-corrected chi connectivity index (χ0v) is 43.4. The molecule has 5 aliphatic rings. The molecule has 1 aromatic heterocycles. The lowest BCUT2D eigenvalue weighted by Gasteiger charge is -2.57. The number of nitrogens with zero attached hydrogens (tertiary/aromatic N) is 6. The van der Waals surface area contributed by atoms with E-state index in [4.69, 9.17) is 37.7 Å². The van der Waals surface area contributed by atoms with Gasteiger partial charge in [0, 0.05) is 102 Å². The van der Waals surface area contributed by atoms with Crippen molar-refractivity contribution in [1.29, 1.82) is 0 Å². The molecule has 1 saturated carbocycles. The van der Waals surface area contributed by atoms with Gasteiger partial charge in [-0.2, -0.15) is 0 Å². The smallest absolute Gasteiger partial charge is 0.153 e. The molecule has 5 heterocycles. The highest BCUT2D eigenvalue weighted by Gasteiger charge is 2.77. The molecule has 7 unspecified atom stereocenters. The van der Waals surface area contributed by atoms with Crippen molar-refractivity contribution in [2.45, 2.75) is 133 Å². The fraction of sp³-hybridized carbons (Fsp3) is 0.564. The van der Waals surface area contributed by atoms with Gasteiger partial charge in [-0.3, -0.25) is 19.5 Å². The van der Waals surface area contributed by atoms with Crippen molar-refractivity contribution in [3.8, 4) is 22.8 Å². The summed E-state index contributed by atoms with van der Waals surface area (Å²) in [6, 6.07) is 22.5. The van der Waals surface area contributed by atoms with Crippen LogP contribution in [0.2, 0.25) is 10.0 Å². The largest absolute Gasteiger partial charge is 0.457 e. The Labute approximate surface area is 415 Å². The minimum absolute atomic E-state index is 0.000822. The number of hydrogen-bond acceptors (Lipinski definition) is 10. The zero-order chi connectivity index (χ0) is 48.4. The van der Waals surface area contributed by atoms with E-state index in [0.29, 0.717) is 29.7 Å². The average Bonchev–Trinajstić information content (AvgIpc) is 3.96. The van der Waals surface area contributed by atoms with Crippen LogP contribution in [0.5, 0.6) is 11.5 Å². The number of hydrogen-bond donors (Lipinski definition) is 2. The number of methoxy groups -OCH3 is 1. The summed E-state index contributed by atoms with van der Waals surface area (Å²) in [6.45, 7) is 15.5. The number of carbonyl (C=O) groups is 1. The Morgan fingerprint density at radius 3 is 2.32 bits per heavy atom. The third-order valence-corrected chi connectivity index (χ3v) is 18.0. The molecule has 11 nitrogen and oxygen atoms in total. The van der Waals surface area contributed by atoms with Gasteiger partial charge in [0.25, 0.3) is 0 Å². The van der Waals surface area contributed by atoms with Crippen LogP contribution in [0.1, 0.15) is 70.3 Å². The fourth-order valence-corrected chi connectivity index (χ4v) is 14.6. The van der Waals surface area contributed by atoms with Crippen LogP contribution in [0.4, 0.5) is 0 Å². The maximum atomic E-state index is 17.3. The molecule has 13 atom stereocenters. The number of likely N-dealkylation sites (N-methyl/N-ethyl adjacent to an activating group) is 2. The SMILES string of the molecule is C=CC[C@@H]1CC2N(Cc3ccc(Cl)cc3Oc3ccc(-c4cnc(CN(C)C)n4C)cc3)[C@@H](C)C3N[C@H](COC)C4N(C)[C@@H](Cc5ccc(Cl)cc5)CC5N[C@@H](C)[C@H](C)N(C)C1C2(CC)C(=O)C534. The molecule has 4 saturated heterocycles. The Morgan fingerprint density at radius 1 is 0.926 bits per heavy atom. The van der Waals surface area contributed by atoms with Gasteiger partial charge in [-0.25, -0.2) is 4.98 Å². The molecule has 2 N–H and O–H groups in total. The van der Waals surface area contributed by atoms with Crippen LogP contribution < -0.4 is 15.4 Å². The van der Waals surface area contributed by atoms with Gasteiger partial charge in [-0.15, -0.1) is 6.58 Å². The maximum absolute atomic E-state index is 17.3. The summed E-state index contributed by atoms with van der Waals surface area (Å²) < 4.78 is 15.1. The number of carbonyl (C=O) groups excluding carboxylic acids is 1. The zero-order valence-electron chi connectivity index (χ0n) is 41.9. The molecule has 0 radical (unpaired) electrons. The number of likely N-dealkylation sites (tertiary alicyclic amines) is 2. The quantitative estimate of drug-likeness (QED) is 0.120. The summed E-state index contributed by atoms with van der Waals surface area (Å²) >= 11 is 13.2. The van der Waals surface area contributed by atoms with E-state index in [2.05, 4.69) is 141 Å². The van der Waals surface area contributed by atoms with Crippen molar-refractivity contribution in [2.24, 2.45) is 23.8 Å². The summed E-state index contributed by atoms with van der Waals surface area (Å²) in [5, 5.41) is 9.86. The second-order valence-corrected chi connectivity index (χ2v) is 22.1. The van der Waals surface area contributed by atoms with Crippen molar-refractivity contribution in [3.05, 3.63) is 113 Å². The van der Waals surface area contributed by atoms with Gasteiger partial charge in [0.15, 0.2) is 5.78 Å².